The van der Waals surface area contributed by atoms with E-state index in [2.05, 4.69) is 25.1 Å². The van der Waals surface area contributed by atoms with Crippen LogP contribution in [-0.2, 0) is 6.18 Å². The van der Waals surface area contributed by atoms with Gasteiger partial charge in [0.05, 0.1) is 17.4 Å². The second kappa shape index (κ2) is 6.78. The fraction of sp³-hybridized carbons (Fsp3) is 0.412. The van der Waals surface area contributed by atoms with Crippen molar-refractivity contribution in [3.8, 4) is 0 Å². The van der Waals surface area contributed by atoms with E-state index in [9.17, 15) is 13.2 Å². The number of halogens is 3. The average molecular weight is 351 g/mol. The lowest BCUT2D eigenvalue weighted by atomic mass is 10.1. The van der Waals surface area contributed by atoms with Crippen molar-refractivity contribution in [1.82, 2.24) is 9.97 Å². The lowest BCUT2D eigenvalue weighted by Crippen LogP contribution is -2.46. The molecule has 0 amide bonds. The van der Waals surface area contributed by atoms with Crippen molar-refractivity contribution in [2.45, 2.75) is 13.1 Å². The van der Waals surface area contributed by atoms with E-state index in [1.54, 1.807) is 0 Å². The van der Waals surface area contributed by atoms with Crippen LogP contribution in [0.3, 0.4) is 0 Å². The van der Waals surface area contributed by atoms with Crippen molar-refractivity contribution in [2.24, 2.45) is 0 Å². The van der Waals surface area contributed by atoms with E-state index in [0.717, 1.165) is 55.5 Å². The minimum absolute atomic E-state index is 0.620. The van der Waals surface area contributed by atoms with E-state index in [1.165, 1.54) is 12.1 Å². The van der Waals surface area contributed by atoms with Crippen LogP contribution in [0.2, 0.25) is 0 Å². The van der Waals surface area contributed by atoms with Gasteiger partial charge < -0.3 is 15.1 Å². The first kappa shape index (κ1) is 17.3. The van der Waals surface area contributed by atoms with Gasteiger partial charge in [0.1, 0.15) is 5.82 Å². The van der Waals surface area contributed by atoms with E-state index in [1.807, 2.05) is 20.2 Å². The number of benzene rings is 1. The summed E-state index contributed by atoms with van der Waals surface area (Å²) in [6.07, 6.45) is -2.49. The molecular weight excluding hydrogens is 331 g/mol. The van der Waals surface area contributed by atoms with Crippen molar-refractivity contribution in [3.63, 3.8) is 0 Å². The highest BCUT2D eigenvalue weighted by molar-refractivity contribution is 5.65. The Balaban J connectivity index is 1.68. The van der Waals surface area contributed by atoms with Crippen molar-refractivity contribution < 1.29 is 13.2 Å². The van der Waals surface area contributed by atoms with Gasteiger partial charge in [0.15, 0.2) is 5.82 Å². The Morgan fingerprint density at radius 3 is 2.16 bits per heavy atom. The molecule has 2 aromatic rings. The maximum absolute atomic E-state index is 12.7. The SMILES string of the molecule is CNc1nc(C)ncc1N1CCN(c2ccc(C(F)(F)F)cc2)CC1. The minimum atomic E-state index is -4.30. The lowest BCUT2D eigenvalue weighted by molar-refractivity contribution is -0.137. The van der Waals surface area contributed by atoms with E-state index in [0.29, 0.717) is 5.82 Å². The zero-order valence-electron chi connectivity index (χ0n) is 14.1. The molecule has 1 aliphatic rings. The molecule has 5 nitrogen and oxygen atoms in total. The molecule has 1 fully saturated rings. The van der Waals surface area contributed by atoms with Crippen LogP contribution in [0, 0.1) is 6.92 Å². The van der Waals surface area contributed by atoms with Crippen molar-refractivity contribution in [1.29, 1.82) is 0 Å². The number of hydrogen-bond acceptors (Lipinski definition) is 5. The van der Waals surface area contributed by atoms with Gasteiger partial charge in [-0.05, 0) is 31.2 Å². The Kier molecular flexibility index (Phi) is 4.69. The molecule has 1 aromatic heterocycles. The molecule has 3 rings (SSSR count). The number of alkyl halides is 3. The fourth-order valence-corrected chi connectivity index (χ4v) is 2.95. The fourth-order valence-electron chi connectivity index (χ4n) is 2.95. The topological polar surface area (TPSA) is 44.3 Å². The first-order valence-electron chi connectivity index (χ1n) is 8.07. The molecule has 0 aliphatic carbocycles. The smallest absolute Gasteiger partial charge is 0.371 e. The number of aryl methyl sites for hydroxylation is 1. The number of rotatable bonds is 3. The second-order valence-electron chi connectivity index (χ2n) is 5.92. The molecule has 2 heterocycles. The third-order valence-corrected chi connectivity index (χ3v) is 4.31. The molecule has 0 saturated carbocycles. The molecule has 1 aliphatic heterocycles. The standard InChI is InChI=1S/C17H20F3N5/c1-12-22-11-15(16(21-2)23-12)25-9-7-24(8-10-25)14-5-3-13(4-6-14)17(18,19)20/h3-6,11H,7-10H2,1-2H3,(H,21,22,23). The predicted octanol–water partition coefficient (Wildman–Crippen LogP) is 3.17. The zero-order chi connectivity index (χ0) is 18.0. The summed E-state index contributed by atoms with van der Waals surface area (Å²) in [6.45, 7) is 4.79. The number of aromatic nitrogens is 2. The van der Waals surface area contributed by atoms with Gasteiger partial charge in [-0.15, -0.1) is 0 Å². The first-order chi connectivity index (χ1) is 11.9. The third-order valence-electron chi connectivity index (χ3n) is 4.31. The van der Waals surface area contributed by atoms with Gasteiger partial charge in [0.25, 0.3) is 0 Å². The van der Waals surface area contributed by atoms with Gasteiger partial charge in [-0.25, -0.2) is 9.97 Å². The Hall–Kier alpha value is -2.51. The van der Waals surface area contributed by atoms with E-state index in [4.69, 9.17) is 0 Å². The average Bonchev–Trinajstić information content (AvgIpc) is 2.61. The maximum atomic E-state index is 12.7. The Bertz CT molecular complexity index is 722. The van der Waals surface area contributed by atoms with Gasteiger partial charge in [-0.2, -0.15) is 13.2 Å². The van der Waals surface area contributed by atoms with Gasteiger partial charge >= 0.3 is 6.18 Å². The van der Waals surface area contributed by atoms with Crippen LogP contribution in [0.4, 0.5) is 30.4 Å². The van der Waals surface area contributed by atoms with E-state index < -0.39 is 11.7 Å². The molecule has 25 heavy (non-hydrogen) atoms. The maximum Gasteiger partial charge on any atom is 0.416 e. The molecule has 1 saturated heterocycles. The molecule has 1 N–H and O–H groups in total. The summed E-state index contributed by atoms with van der Waals surface area (Å²) in [6, 6.07) is 5.34. The molecule has 134 valence electrons. The van der Waals surface area contributed by atoms with Gasteiger partial charge in [0.2, 0.25) is 0 Å². The summed E-state index contributed by atoms with van der Waals surface area (Å²) in [5, 5.41) is 3.08. The van der Waals surface area contributed by atoms with E-state index in [-0.39, 0.29) is 0 Å². The number of nitrogens with zero attached hydrogens (tertiary/aromatic N) is 4. The first-order valence-corrected chi connectivity index (χ1v) is 8.07. The summed E-state index contributed by atoms with van der Waals surface area (Å²) in [4.78, 5) is 12.9. The number of nitrogens with one attached hydrogen (secondary N) is 1. The van der Waals surface area contributed by atoms with Crippen LogP contribution in [0.1, 0.15) is 11.4 Å². The summed E-state index contributed by atoms with van der Waals surface area (Å²) >= 11 is 0. The largest absolute Gasteiger partial charge is 0.416 e. The molecule has 0 bridgehead atoms. The molecule has 1 aromatic carbocycles. The van der Waals surface area contributed by atoms with Crippen LogP contribution >= 0.6 is 0 Å². The molecule has 0 atom stereocenters. The molecule has 8 heteroatoms. The number of hydrogen-bond donors (Lipinski definition) is 1. The molecule has 0 spiro atoms. The van der Waals surface area contributed by atoms with Crippen LogP contribution in [0.25, 0.3) is 0 Å². The van der Waals surface area contributed by atoms with Gasteiger partial charge in [-0.3, -0.25) is 0 Å². The van der Waals surface area contributed by atoms with Crippen LogP contribution in [-0.4, -0.2) is 43.2 Å². The molecular formula is C17H20F3N5. The Labute approximate surface area is 144 Å². The van der Waals surface area contributed by atoms with Gasteiger partial charge in [0, 0.05) is 38.9 Å². The highest BCUT2D eigenvalue weighted by atomic mass is 19.4. The highest BCUT2D eigenvalue weighted by Gasteiger charge is 2.30. The van der Waals surface area contributed by atoms with Crippen molar-refractivity contribution >= 4 is 17.2 Å². The summed E-state index contributed by atoms with van der Waals surface area (Å²) in [5.74, 6) is 1.49. The zero-order valence-corrected chi connectivity index (χ0v) is 14.1. The number of piperazine rings is 1. The van der Waals surface area contributed by atoms with Gasteiger partial charge in [-0.1, -0.05) is 0 Å². The molecule has 0 unspecified atom stereocenters. The summed E-state index contributed by atoms with van der Waals surface area (Å²) < 4.78 is 38.0. The normalized spacial score (nSPS) is 15.4. The Morgan fingerprint density at radius 1 is 1.00 bits per heavy atom. The highest BCUT2D eigenvalue weighted by Crippen LogP contribution is 2.31. The van der Waals surface area contributed by atoms with Crippen LogP contribution in [0.15, 0.2) is 30.5 Å². The van der Waals surface area contributed by atoms with Crippen molar-refractivity contribution in [2.75, 3.05) is 48.3 Å². The van der Waals surface area contributed by atoms with Crippen LogP contribution < -0.4 is 15.1 Å². The van der Waals surface area contributed by atoms with Crippen molar-refractivity contribution in [3.05, 3.63) is 41.9 Å². The molecule has 0 radical (unpaired) electrons. The third kappa shape index (κ3) is 3.78. The number of anilines is 3. The lowest BCUT2D eigenvalue weighted by Gasteiger charge is -2.37. The second-order valence-corrected chi connectivity index (χ2v) is 5.92. The minimum Gasteiger partial charge on any atom is -0.371 e. The van der Waals surface area contributed by atoms with E-state index >= 15 is 0 Å². The summed E-state index contributed by atoms with van der Waals surface area (Å²) in [7, 11) is 1.82. The monoisotopic (exact) mass is 351 g/mol. The predicted molar refractivity (Wildman–Crippen MR) is 92.2 cm³/mol. The van der Waals surface area contributed by atoms with Crippen LogP contribution in [0.5, 0.6) is 0 Å². The Morgan fingerprint density at radius 2 is 1.60 bits per heavy atom. The summed E-state index contributed by atoms with van der Waals surface area (Å²) in [5.41, 5.74) is 1.13. The quantitative estimate of drug-likeness (QED) is 0.920.